The predicted molar refractivity (Wildman–Crippen MR) is 130 cm³/mol. The van der Waals surface area contributed by atoms with Crippen molar-refractivity contribution >= 4 is 38.8 Å². The van der Waals surface area contributed by atoms with Gasteiger partial charge >= 0.3 is 0 Å². The minimum atomic E-state index is -1.07. The van der Waals surface area contributed by atoms with Crippen LogP contribution < -0.4 is 5.73 Å². The minimum Gasteiger partial charge on any atom is -0.387 e. The fourth-order valence-corrected chi connectivity index (χ4v) is 6.22. The van der Waals surface area contributed by atoms with E-state index < -0.39 is 24.5 Å². The van der Waals surface area contributed by atoms with E-state index in [-0.39, 0.29) is 16.7 Å². The first-order valence-corrected chi connectivity index (χ1v) is 13.1. The molecule has 0 amide bonds. The second-order valence-electron chi connectivity index (χ2n) is 8.60. The number of nitrogen functional groups attached to an aromatic ring is 1. The van der Waals surface area contributed by atoms with E-state index in [1.54, 1.807) is 4.57 Å². The molecule has 1 aliphatic rings. The van der Waals surface area contributed by atoms with Crippen molar-refractivity contribution in [1.29, 1.82) is 0 Å². The smallest absolute Gasteiger partial charge is 0.167 e. The number of ether oxygens (including phenoxy) is 1. The monoisotopic (exact) mass is 469 g/mol. The van der Waals surface area contributed by atoms with E-state index in [2.05, 4.69) is 50.6 Å². The molecule has 9 nitrogen and oxygen atoms in total. The maximum Gasteiger partial charge on any atom is 0.167 e. The normalized spacial score (nSPS) is 24.1. The summed E-state index contributed by atoms with van der Waals surface area (Å²) in [6, 6.07) is 8.39. The van der Waals surface area contributed by atoms with Gasteiger partial charge in [0.1, 0.15) is 41.7 Å². The molecule has 5 atom stereocenters. The van der Waals surface area contributed by atoms with Gasteiger partial charge in [0.15, 0.2) is 17.7 Å². The average molecular weight is 470 g/mol. The number of nitrogens with two attached hydrogens (primary N) is 1. The number of aryl methyl sites for hydroxylation is 1. The molecular formula is C23H29N6O3S+. The molecule has 0 radical (unpaired) electrons. The maximum absolute atomic E-state index is 10.6. The van der Waals surface area contributed by atoms with Crippen LogP contribution in [0.3, 0.4) is 0 Å². The standard InChI is InChI=1S/C23H29N6O3S/c1-33(9-5-4-6-14-10-25-16-8-3-2-7-15(14)16)11-17-19(30)20(31)23(32-17)29-13-28-18-21(24)26-12-27-22(18)29/h2-3,7-8,10,12-13,17,19-20,23,25,30-31H,4-6,9,11H2,1H3,(H2,24,26,27)/q+1/t17-,19-,20-,23-,33?/m1/s1. The molecule has 10 heteroatoms. The van der Waals surface area contributed by atoms with Gasteiger partial charge in [-0.05, 0) is 41.8 Å². The average Bonchev–Trinajstić information content (AvgIpc) is 3.50. The van der Waals surface area contributed by atoms with Crippen LogP contribution in [-0.2, 0) is 22.1 Å². The van der Waals surface area contributed by atoms with E-state index >= 15 is 0 Å². The summed E-state index contributed by atoms with van der Waals surface area (Å²) >= 11 is 0. The third-order valence-electron chi connectivity index (χ3n) is 6.31. The van der Waals surface area contributed by atoms with Crippen molar-refractivity contribution in [3.05, 3.63) is 48.7 Å². The predicted octanol–water partition coefficient (Wildman–Crippen LogP) is 1.78. The van der Waals surface area contributed by atoms with Crippen LogP contribution >= 0.6 is 0 Å². The number of hydrogen-bond acceptors (Lipinski definition) is 7. The number of rotatable bonds is 8. The number of aromatic nitrogens is 5. The topological polar surface area (TPSA) is 135 Å². The van der Waals surface area contributed by atoms with Gasteiger partial charge in [-0.1, -0.05) is 18.2 Å². The summed E-state index contributed by atoms with van der Waals surface area (Å²) in [6.45, 7) is 0. The number of benzene rings is 1. The van der Waals surface area contributed by atoms with Crippen LogP contribution in [0, 0.1) is 0 Å². The van der Waals surface area contributed by atoms with Crippen molar-refractivity contribution in [3.8, 4) is 0 Å². The SMILES string of the molecule is C[S+](CCCCc1c[nH]c2ccccc12)C[C@H]1O[C@@H](n2cnc3c(N)ncnc32)[C@H](O)[C@@H]1O. The van der Waals surface area contributed by atoms with Crippen LogP contribution in [-0.4, -0.2) is 70.8 Å². The van der Waals surface area contributed by atoms with Crippen molar-refractivity contribution in [3.63, 3.8) is 0 Å². The van der Waals surface area contributed by atoms with E-state index in [4.69, 9.17) is 10.5 Å². The molecule has 0 saturated carbocycles. The largest absolute Gasteiger partial charge is 0.387 e. The van der Waals surface area contributed by atoms with E-state index in [0.717, 1.165) is 25.0 Å². The first-order valence-electron chi connectivity index (χ1n) is 11.1. The number of aliphatic hydroxyl groups is 2. The van der Waals surface area contributed by atoms with Gasteiger partial charge in [0.2, 0.25) is 0 Å². The molecule has 1 aliphatic heterocycles. The van der Waals surface area contributed by atoms with Gasteiger partial charge in [0.05, 0.1) is 12.6 Å². The van der Waals surface area contributed by atoms with Crippen LogP contribution in [0.1, 0.15) is 24.6 Å². The number of H-pyrrole nitrogens is 1. The molecule has 174 valence electrons. The molecule has 1 fully saturated rings. The Kier molecular flexibility index (Phi) is 6.24. The van der Waals surface area contributed by atoms with Crippen LogP contribution in [0.5, 0.6) is 0 Å². The molecule has 0 bridgehead atoms. The van der Waals surface area contributed by atoms with Crippen LogP contribution in [0.25, 0.3) is 22.1 Å². The van der Waals surface area contributed by atoms with Gasteiger partial charge in [-0.2, -0.15) is 0 Å². The summed E-state index contributed by atoms with van der Waals surface area (Å²) in [4.78, 5) is 15.7. The Balaban J connectivity index is 1.15. The quantitative estimate of drug-likeness (QED) is 0.228. The van der Waals surface area contributed by atoms with Crippen LogP contribution in [0.15, 0.2) is 43.1 Å². The highest BCUT2D eigenvalue weighted by molar-refractivity contribution is 7.96. The highest BCUT2D eigenvalue weighted by atomic mass is 32.2. The molecule has 3 aromatic heterocycles. The lowest BCUT2D eigenvalue weighted by Gasteiger charge is -2.16. The molecular weight excluding hydrogens is 440 g/mol. The first kappa shape index (κ1) is 22.1. The third-order valence-corrected chi connectivity index (χ3v) is 8.19. The number of unbranched alkanes of at least 4 members (excludes halogenated alkanes) is 1. The fourth-order valence-electron chi connectivity index (χ4n) is 4.52. The molecule has 0 aliphatic carbocycles. The van der Waals surface area contributed by atoms with Gasteiger partial charge in [0, 0.05) is 17.1 Å². The molecule has 1 aromatic carbocycles. The zero-order chi connectivity index (χ0) is 22.9. The Bertz CT molecular complexity index is 1240. The Morgan fingerprint density at radius 1 is 1.15 bits per heavy atom. The van der Waals surface area contributed by atoms with Gasteiger partial charge in [-0.3, -0.25) is 4.57 Å². The molecule has 4 aromatic rings. The summed E-state index contributed by atoms with van der Waals surface area (Å²) in [5.74, 6) is 2.03. The Labute approximate surface area is 194 Å². The van der Waals surface area contributed by atoms with Gasteiger partial charge in [-0.25, -0.2) is 15.0 Å². The van der Waals surface area contributed by atoms with Crippen LogP contribution in [0.4, 0.5) is 5.82 Å². The summed E-state index contributed by atoms with van der Waals surface area (Å²) < 4.78 is 7.71. The van der Waals surface area contributed by atoms with Crippen molar-refractivity contribution in [2.24, 2.45) is 0 Å². The number of imidazole rings is 1. The third kappa shape index (κ3) is 4.31. The summed E-state index contributed by atoms with van der Waals surface area (Å²) in [6.07, 6.45) is 7.21. The second kappa shape index (κ2) is 9.30. The number of nitrogens with one attached hydrogen (secondary N) is 1. The Morgan fingerprint density at radius 2 is 2.00 bits per heavy atom. The van der Waals surface area contributed by atoms with Crippen molar-refractivity contribution in [1.82, 2.24) is 24.5 Å². The molecule has 0 spiro atoms. The lowest BCUT2D eigenvalue weighted by atomic mass is 10.1. The first-order chi connectivity index (χ1) is 16.0. The Morgan fingerprint density at radius 3 is 2.88 bits per heavy atom. The lowest BCUT2D eigenvalue weighted by Crippen LogP contribution is -2.35. The molecule has 1 saturated heterocycles. The Hall–Kier alpha value is -2.66. The summed E-state index contributed by atoms with van der Waals surface area (Å²) in [5, 5.41) is 22.6. The molecule has 5 N–H and O–H groups in total. The molecule has 1 unspecified atom stereocenters. The zero-order valence-corrected chi connectivity index (χ0v) is 19.3. The number of anilines is 1. The van der Waals surface area contributed by atoms with E-state index in [1.807, 2.05) is 6.07 Å². The number of fused-ring (bicyclic) bond motifs is 2. The maximum atomic E-state index is 10.6. The van der Waals surface area contributed by atoms with Crippen LogP contribution in [0.2, 0.25) is 0 Å². The van der Waals surface area contributed by atoms with E-state index in [1.165, 1.54) is 29.1 Å². The summed E-state index contributed by atoms with van der Waals surface area (Å²) in [5.41, 5.74) is 9.34. The number of aliphatic hydroxyl groups excluding tert-OH is 2. The number of nitrogens with zero attached hydrogens (tertiary/aromatic N) is 4. The fraction of sp³-hybridized carbons (Fsp3) is 0.435. The minimum absolute atomic E-state index is 0.0622. The molecule has 4 heterocycles. The van der Waals surface area contributed by atoms with E-state index in [0.29, 0.717) is 16.9 Å². The lowest BCUT2D eigenvalue weighted by molar-refractivity contribution is -0.0290. The van der Waals surface area contributed by atoms with Crippen molar-refractivity contribution in [2.75, 3.05) is 23.5 Å². The number of aromatic amines is 1. The highest BCUT2D eigenvalue weighted by Gasteiger charge is 2.46. The van der Waals surface area contributed by atoms with Gasteiger partial charge < -0.3 is 25.7 Å². The van der Waals surface area contributed by atoms with Gasteiger partial charge in [0.25, 0.3) is 0 Å². The zero-order valence-electron chi connectivity index (χ0n) is 18.5. The molecule has 33 heavy (non-hydrogen) atoms. The van der Waals surface area contributed by atoms with Crippen molar-refractivity contribution in [2.45, 2.75) is 43.8 Å². The van der Waals surface area contributed by atoms with E-state index in [9.17, 15) is 10.2 Å². The van der Waals surface area contributed by atoms with Crippen molar-refractivity contribution < 1.29 is 14.9 Å². The number of para-hydroxylation sites is 1. The number of hydrogen-bond donors (Lipinski definition) is 4. The molecule has 5 rings (SSSR count). The second-order valence-corrected chi connectivity index (χ2v) is 10.9. The summed E-state index contributed by atoms with van der Waals surface area (Å²) in [7, 11) is 0.0622. The highest BCUT2D eigenvalue weighted by Crippen LogP contribution is 2.32. The van der Waals surface area contributed by atoms with Gasteiger partial charge in [-0.15, -0.1) is 0 Å².